The number of halogens is 1. The Kier molecular flexibility index (Phi) is 3.14. The lowest BCUT2D eigenvalue weighted by Crippen LogP contribution is -2.44. The van der Waals surface area contributed by atoms with E-state index in [2.05, 4.69) is 10.1 Å². The zero-order chi connectivity index (χ0) is 9.90. The van der Waals surface area contributed by atoms with Crippen LogP contribution in [0, 0.1) is 0 Å². The number of alkyl halides is 1. The second kappa shape index (κ2) is 3.96. The molecule has 1 amide bonds. The molecule has 0 heterocycles. The van der Waals surface area contributed by atoms with Crippen LogP contribution in [0.4, 0.5) is 4.79 Å². The summed E-state index contributed by atoms with van der Waals surface area (Å²) in [6.45, 7) is 2.01. The van der Waals surface area contributed by atoms with E-state index in [1.165, 1.54) is 0 Å². The third-order valence-corrected chi connectivity index (χ3v) is 2.26. The molecule has 0 spiro atoms. The third-order valence-electron chi connectivity index (χ3n) is 2.02. The molecular formula is C8H12ClNO3. The largest absolute Gasteiger partial charge is 0.450 e. The van der Waals surface area contributed by atoms with Gasteiger partial charge in [-0.05, 0) is 19.8 Å². The summed E-state index contributed by atoms with van der Waals surface area (Å²) in [4.78, 5) is 22.2. The summed E-state index contributed by atoms with van der Waals surface area (Å²) in [6.07, 6.45) is 0.785. The SMILES string of the molecule is CCOC(=O)NC1(C(=O)CCl)CC1. The summed E-state index contributed by atoms with van der Waals surface area (Å²) < 4.78 is 4.67. The van der Waals surface area contributed by atoms with E-state index in [4.69, 9.17) is 11.6 Å². The molecule has 0 atom stereocenters. The van der Waals surface area contributed by atoms with E-state index in [0.29, 0.717) is 19.4 Å². The molecule has 1 aliphatic rings. The van der Waals surface area contributed by atoms with Crippen molar-refractivity contribution in [1.82, 2.24) is 5.32 Å². The Hall–Kier alpha value is -0.770. The quantitative estimate of drug-likeness (QED) is 0.699. The molecule has 1 rings (SSSR count). The molecule has 4 nitrogen and oxygen atoms in total. The van der Waals surface area contributed by atoms with Crippen molar-refractivity contribution in [2.75, 3.05) is 12.5 Å². The number of amides is 1. The maximum absolute atomic E-state index is 11.2. The lowest BCUT2D eigenvalue weighted by atomic mass is 10.2. The van der Waals surface area contributed by atoms with Crippen LogP contribution >= 0.6 is 11.6 Å². The van der Waals surface area contributed by atoms with Gasteiger partial charge in [-0.15, -0.1) is 11.6 Å². The number of carbonyl (C=O) groups is 2. The fourth-order valence-electron chi connectivity index (χ4n) is 1.09. The van der Waals surface area contributed by atoms with E-state index < -0.39 is 11.6 Å². The maximum Gasteiger partial charge on any atom is 0.407 e. The molecule has 0 bridgehead atoms. The monoisotopic (exact) mass is 205 g/mol. The van der Waals surface area contributed by atoms with E-state index in [9.17, 15) is 9.59 Å². The van der Waals surface area contributed by atoms with Crippen LogP contribution in [0.15, 0.2) is 0 Å². The van der Waals surface area contributed by atoms with E-state index in [1.54, 1.807) is 6.92 Å². The zero-order valence-electron chi connectivity index (χ0n) is 7.43. The van der Waals surface area contributed by atoms with Crippen molar-refractivity contribution in [1.29, 1.82) is 0 Å². The normalized spacial score (nSPS) is 17.7. The first-order chi connectivity index (χ1) is 6.14. The molecule has 13 heavy (non-hydrogen) atoms. The van der Waals surface area contributed by atoms with Crippen molar-refractivity contribution in [2.24, 2.45) is 0 Å². The summed E-state index contributed by atoms with van der Waals surface area (Å²) in [5.41, 5.74) is -0.714. The van der Waals surface area contributed by atoms with Gasteiger partial charge in [-0.2, -0.15) is 0 Å². The first-order valence-corrected chi connectivity index (χ1v) is 4.72. The number of nitrogens with one attached hydrogen (secondary N) is 1. The Labute approximate surface area is 81.6 Å². The number of ketones is 1. The number of carbonyl (C=O) groups excluding carboxylic acids is 2. The molecule has 0 saturated heterocycles. The highest BCUT2D eigenvalue weighted by atomic mass is 35.5. The lowest BCUT2D eigenvalue weighted by molar-refractivity contribution is -0.119. The Morgan fingerprint density at radius 3 is 2.54 bits per heavy atom. The molecule has 1 N–H and O–H groups in total. The predicted molar refractivity (Wildman–Crippen MR) is 47.8 cm³/mol. The maximum atomic E-state index is 11.2. The summed E-state index contributed by atoms with van der Waals surface area (Å²) >= 11 is 5.40. The van der Waals surface area contributed by atoms with Crippen molar-refractivity contribution in [3.63, 3.8) is 0 Å². The number of hydrogen-bond donors (Lipinski definition) is 1. The zero-order valence-corrected chi connectivity index (χ0v) is 8.19. The van der Waals surface area contributed by atoms with Gasteiger partial charge in [-0.3, -0.25) is 4.79 Å². The summed E-state index contributed by atoms with van der Waals surface area (Å²) in [5.74, 6) is -0.200. The molecule has 1 saturated carbocycles. The van der Waals surface area contributed by atoms with Gasteiger partial charge in [-0.1, -0.05) is 0 Å². The highest BCUT2D eigenvalue weighted by Crippen LogP contribution is 2.36. The van der Waals surface area contributed by atoms with Crippen molar-refractivity contribution < 1.29 is 14.3 Å². The molecule has 5 heteroatoms. The molecule has 0 aromatic rings. The van der Waals surface area contributed by atoms with Gasteiger partial charge in [0, 0.05) is 0 Å². The molecule has 0 aromatic heterocycles. The number of Topliss-reactive ketones (excluding diaryl/α,β-unsaturated/α-hetero) is 1. The fraction of sp³-hybridized carbons (Fsp3) is 0.750. The van der Waals surface area contributed by atoms with Crippen LogP contribution in [-0.2, 0) is 9.53 Å². The molecule has 1 fully saturated rings. The Balaban J connectivity index is 2.43. The van der Waals surface area contributed by atoms with Crippen LogP contribution in [0.25, 0.3) is 0 Å². The standard InChI is InChI=1S/C8H12ClNO3/c1-2-13-7(12)10-8(3-4-8)6(11)5-9/h2-5H2,1H3,(H,10,12). The minimum atomic E-state index is -0.714. The topological polar surface area (TPSA) is 55.4 Å². The molecular weight excluding hydrogens is 194 g/mol. The van der Waals surface area contributed by atoms with Crippen LogP contribution in [-0.4, -0.2) is 29.9 Å². The Bertz CT molecular complexity index is 225. The summed E-state index contributed by atoms with van der Waals surface area (Å²) in [6, 6.07) is 0. The average molecular weight is 206 g/mol. The lowest BCUT2D eigenvalue weighted by Gasteiger charge is -2.13. The highest BCUT2D eigenvalue weighted by Gasteiger charge is 2.50. The van der Waals surface area contributed by atoms with Crippen molar-refractivity contribution in [3.8, 4) is 0 Å². The van der Waals surface area contributed by atoms with Crippen LogP contribution < -0.4 is 5.32 Å². The first-order valence-electron chi connectivity index (χ1n) is 4.19. The summed E-state index contributed by atoms with van der Waals surface area (Å²) in [7, 11) is 0. The van der Waals surface area contributed by atoms with E-state index >= 15 is 0 Å². The first kappa shape index (κ1) is 10.3. The molecule has 0 unspecified atom stereocenters. The molecule has 74 valence electrons. The van der Waals surface area contributed by atoms with Crippen LogP contribution in [0.1, 0.15) is 19.8 Å². The second-order valence-electron chi connectivity index (χ2n) is 2.98. The van der Waals surface area contributed by atoms with E-state index in [0.717, 1.165) is 0 Å². The molecule has 0 aromatic carbocycles. The van der Waals surface area contributed by atoms with Gasteiger partial charge in [-0.25, -0.2) is 4.79 Å². The minimum Gasteiger partial charge on any atom is -0.450 e. The number of alkyl carbamates (subject to hydrolysis) is 1. The Morgan fingerprint density at radius 2 is 2.15 bits per heavy atom. The van der Waals surface area contributed by atoms with Crippen LogP contribution in [0.2, 0.25) is 0 Å². The van der Waals surface area contributed by atoms with Crippen molar-refractivity contribution in [3.05, 3.63) is 0 Å². The van der Waals surface area contributed by atoms with Gasteiger partial charge < -0.3 is 10.1 Å². The van der Waals surface area contributed by atoms with Gasteiger partial charge in [0.05, 0.1) is 12.5 Å². The smallest absolute Gasteiger partial charge is 0.407 e. The molecule has 0 radical (unpaired) electrons. The number of hydrogen-bond acceptors (Lipinski definition) is 3. The van der Waals surface area contributed by atoms with Gasteiger partial charge in [0.1, 0.15) is 5.54 Å². The average Bonchev–Trinajstić information content (AvgIpc) is 2.85. The number of rotatable bonds is 4. The summed E-state index contributed by atoms with van der Waals surface area (Å²) in [5, 5.41) is 2.52. The van der Waals surface area contributed by atoms with Gasteiger partial charge >= 0.3 is 6.09 Å². The molecule has 0 aliphatic heterocycles. The van der Waals surface area contributed by atoms with Crippen LogP contribution in [0.5, 0.6) is 0 Å². The Morgan fingerprint density at radius 1 is 1.54 bits per heavy atom. The molecule has 1 aliphatic carbocycles. The predicted octanol–water partition coefficient (Wildman–Crippen LogP) is 1.07. The minimum absolute atomic E-state index is 0.0631. The van der Waals surface area contributed by atoms with Crippen molar-refractivity contribution in [2.45, 2.75) is 25.3 Å². The van der Waals surface area contributed by atoms with Crippen LogP contribution in [0.3, 0.4) is 0 Å². The van der Waals surface area contributed by atoms with E-state index in [1.807, 2.05) is 0 Å². The van der Waals surface area contributed by atoms with E-state index in [-0.39, 0.29) is 11.7 Å². The highest BCUT2D eigenvalue weighted by molar-refractivity contribution is 6.29. The van der Waals surface area contributed by atoms with Gasteiger partial charge in [0.2, 0.25) is 0 Å². The van der Waals surface area contributed by atoms with Gasteiger partial charge in [0.15, 0.2) is 5.78 Å². The van der Waals surface area contributed by atoms with Gasteiger partial charge in [0.25, 0.3) is 0 Å². The third kappa shape index (κ3) is 2.34. The fourth-order valence-corrected chi connectivity index (χ4v) is 1.34. The number of ether oxygens (including phenoxy) is 1. The second-order valence-corrected chi connectivity index (χ2v) is 3.25. The van der Waals surface area contributed by atoms with Crippen molar-refractivity contribution >= 4 is 23.5 Å².